The van der Waals surface area contributed by atoms with Crippen LogP contribution in [0.1, 0.15) is 5.89 Å². The van der Waals surface area contributed by atoms with Crippen molar-refractivity contribution in [2.75, 3.05) is 26.0 Å². The van der Waals surface area contributed by atoms with Crippen molar-refractivity contribution in [3.05, 3.63) is 30.2 Å². The normalized spacial score (nSPS) is 13.9. The average molecular weight is 348 g/mol. The van der Waals surface area contributed by atoms with Gasteiger partial charge in [-0.25, -0.2) is 4.79 Å². The second-order valence-electron chi connectivity index (χ2n) is 5.01. The molecule has 0 radical (unpaired) electrons. The third-order valence-electron chi connectivity index (χ3n) is 3.43. The van der Waals surface area contributed by atoms with Crippen molar-refractivity contribution in [1.82, 2.24) is 20.4 Å². The van der Waals surface area contributed by atoms with Crippen LogP contribution in [-0.4, -0.2) is 52.9 Å². The number of rotatable bonds is 6. The van der Waals surface area contributed by atoms with Crippen molar-refractivity contribution < 1.29 is 18.8 Å². The molecule has 0 atom stereocenters. The number of urea groups is 1. The lowest BCUT2D eigenvalue weighted by atomic mass is 10.2. The van der Waals surface area contributed by atoms with Crippen molar-refractivity contribution >= 4 is 23.7 Å². The molecule has 2 aromatic rings. The summed E-state index contributed by atoms with van der Waals surface area (Å²) in [6, 6.07) is 6.99. The molecule has 2 heterocycles. The highest BCUT2D eigenvalue weighted by molar-refractivity contribution is 7.99. The maximum atomic E-state index is 11.9. The molecule has 1 fully saturated rings. The molecule has 1 aromatic carbocycles. The fourth-order valence-electron chi connectivity index (χ4n) is 2.18. The first-order valence-corrected chi connectivity index (χ1v) is 8.46. The molecule has 3 rings (SSSR count). The van der Waals surface area contributed by atoms with Crippen LogP contribution in [-0.2, 0) is 10.5 Å². The second-order valence-corrected chi connectivity index (χ2v) is 6.00. The summed E-state index contributed by atoms with van der Waals surface area (Å²) in [6.45, 7) is 0.921. The van der Waals surface area contributed by atoms with E-state index in [4.69, 9.17) is 9.26 Å². The fourth-order valence-corrected chi connectivity index (χ4v) is 2.91. The molecule has 1 aromatic heterocycles. The number of imide groups is 1. The Morgan fingerprint density at radius 3 is 2.88 bits per heavy atom. The summed E-state index contributed by atoms with van der Waals surface area (Å²) in [4.78, 5) is 28.8. The number of hydrogen-bond donors (Lipinski definition) is 1. The Kier molecular flexibility index (Phi) is 4.99. The molecule has 0 bridgehead atoms. The molecule has 126 valence electrons. The van der Waals surface area contributed by atoms with Gasteiger partial charge < -0.3 is 14.6 Å². The number of thioether (sulfide) groups is 1. The minimum Gasteiger partial charge on any atom is -0.497 e. The molecule has 8 nitrogen and oxygen atoms in total. The predicted octanol–water partition coefficient (Wildman–Crippen LogP) is 1.53. The number of benzene rings is 1. The minimum atomic E-state index is -0.333. The first-order valence-electron chi connectivity index (χ1n) is 7.30. The average Bonchev–Trinajstić information content (AvgIpc) is 3.24. The lowest BCUT2D eigenvalue weighted by Gasteiger charge is -2.10. The van der Waals surface area contributed by atoms with Gasteiger partial charge in [0.15, 0.2) is 0 Å². The number of amides is 3. The molecular formula is C15H16N4O4S. The van der Waals surface area contributed by atoms with E-state index in [-0.39, 0.29) is 17.7 Å². The zero-order chi connectivity index (χ0) is 16.9. The first kappa shape index (κ1) is 16.3. The summed E-state index contributed by atoms with van der Waals surface area (Å²) in [5.74, 6) is 2.05. The number of nitrogens with one attached hydrogen (secondary N) is 1. The molecule has 9 heteroatoms. The summed E-state index contributed by atoms with van der Waals surface area (Å²) in [6.07, 6.45) is 0. The number of hydrogen-bond acceptors (Lipinski definition) is 7. The van der Waals surface area contributed by atoms with E-state index in [9.17, 15) is 9.59 Å². The van der Waals surface area contributed by atoms with Crippen LogP contribution in [0.4, 0.5) is 4.79 Å². The van der Waals surface area contributed by atoms with E-state index >= 15 is 0 Å². The highest BCUT2D eigenvalue weighted by Crippen LogP contribution is 2.21. The van der Waals surface area contributed by atoms with E-state index < -0.39 is 0 Å². The van der Waals surface area contributed by atoms with Crippen molar-refractivity contribution in [2.45, 2.75) is 5.75 Å². The first-order chi connectivity index (χ1) is 11.7. The van der Waals surface area contributed by atoms with Crippen LogP contribution in [0.3, 0.4) is 0 Å². The van der Waals surface area contributed by atoms with Crippen LogP contribution in [0.2, 0.25) is 0 Å². The lowest BCUT2D eigenvalue weighted by Crippen LogP contribution is -2.35. The van der Waals surface area contributed by atoms with E-state index in [0.717, 1.165) is 11.3 Å². The zero-order valence-corrected chi connectivity index (χ0v) is 13.8. The molecule has 0 spiro atoms. The Bertz CT molecular complexity index is 731. The molecule has 3 amide bonds. The van der Waals surface area contributed by atoms with Gasteiger partial charge in [-0.3, -0.25) is 9.69 Å². The maximum Gasteiger partial charge on any atom is 0.324 e. The van der Waals surface area contributed by atoms with Gasteiger partial charge in [0.05, 0.1) is 18.6 Å². The van der Waals surface area contributed by atoms with Crippen LogP contribution in [0, 0.1) is 0 Å². The summed E-state index contributed by atoms with van der Waals surface area (Å²) in [5.41, 5.74) is 0.820. The SMILES string of the molecule is COc1ccc(-c2noc(CSCC(=O)N3CCNC3=O)n2)cc1. The number of methoxy groups -OCH3 is 1. The van der Waals surface area contributed by atoms with Crippen LogP contribution < -0.4 is 10.1 Å². The molecule has 1 saturated heterocycles. The van der Waals surface area contributed by atoms with Gasteiger partial charge in [-0.1, -0.05) is 5.16 Å². The summed E-state index contributed by atoms with van der Waals surface area (Å²) in [7, 11) is 1.60. The second kappa shape index (κ2) is 7.35. The van der Waals surface area contributed by atoms with Crippen LogP contribution in [0.5, 0.6) is 5.75 Å². The summed E-state index contributed by atoms with van der Waals surface area (Å²) >= 11 is 1.33. The molecule has 1 N–H and O–H groups in total. The zero-order valence-electron chi connectivity index (χ0n) is 13.0. The van der Waals surface area contributed by atoms with Gasteiger partial charge in [0.1, 0.15) is 5.75 Å². The van der Waals surface area contributed by atoms with E-state index in [1.807, 2.05) is 24.3 Å². The molecule has 0 aliphatic carbocycles. The van der Waals surface area contributed by atoms with Gasteiger partial charge in [0.2, 0.25) is 17.6 Å². The number of nitrogens with zero attached hydrogens (tertiary/aromatic N) is 3. The molecule has 1 aliphatic heterocycles. The molecule has 1 aliphatic rings. The van der Waals surface area contributed by atoms with Gasteiger partial charge in [-0.15, -0.1) is 11.8 Å². The van der Waals surface area contributed by atoms with E-state index in [1.54, 1.807) is 7.11 Å². The van der Waals surface area contributed by atoms with Crippen molar-refractivity contribution in [2.24, 2.45) is 0 Å². The summed E-state index contributed by atoms with van der Waals surface area (Å²) in [5, 5.41) is 6.52. The maximum absolute atomic E-state index is 11.9. The Balaban J connectivity index is 1.52. The van der Waals surface area contributed by atoms with Crippen LogP contribution >= 0.6 is 11.8 Å². The van der Waals surface area contributed by atoms with Crippen molar-refractivity contribution in [1.29, 1.82) is 0 Å². The Labute approximate surface area is 142 Å². The minimum absolute atomic E-state index is 0.188. The third-order valence-corrected chi connectivity index (χ3v) is 4.33. The Morgan fingerprint density at radius 1 is 1.42 bits per heavy atom. The highest BCUT2D eigenvalue weighted by Gasteiger charge is 2.25. The van der Waals surface area contributed by atoms with E-state index in [0.29, 0.717) is 30.6 Å². The van der Waals surface area contributed by atoms with Crippen molar-refractivity contribution in [3.8, 4) is 17.1 Å². The van der Waals surface area contributed by atoms with Gasteiger partial charge in [0.25, 0.3) is 0 Å². The topological polar surface area (TPSA) is 97.6 Å². The smallest absolute Gasteiger partial charge is 0.324 e. The van der Waals surface area contributed by atoms with Gasteiger partial charge in [-0.2, -0.15) is 4.98 Å². The largest absolute Gasteiger partial charge is 0.497 e. The van der Waals surface area contributed by atoms with Gasteiger partial charge >= 0.3 is 6.03 Å². The predicted molar refractivity (Wildman–Crippen MR) is 87.6 cm³/mol. The number of carbonyl (C=O) groups is 2. The highest BCUT2D eigenvalue weighted by atomic mass is 32.2. The number of carbonyl (C=O) groups excluding carboxylic acids is 2. The van der Waals surface area contributed by atoms with Crippen molar-refractivity contribution in [3.63, 3.8) is 0 Å². The van der Waals surface area contributed by atoms with Crippen LogP contribution in [0.25, 0.3) is 11.4 Å². The lowest BCUT2D eigenvalue weighted by molar-refractivity contribution is -0.124. The Hall–Kier alpha value is -2.55. The van der Waals surface area contributed by atoms with Crippen LogP contribution in [0.15, 0.2) is 28.8 Å². The summed E-state index contributed by atoms with van der Waals surface area (Å²) < 4.78 is 10.3. The Morgan fingerprint density at radius 2 is 2.21 bits per heavy atom. The number of ether oxygens (including phenoxy) is 1. The molecule has 0 unspecified atom stereocenters. The van der Waals surface area contributed by atoms with E-state index in [2.05, 4.69) is 15.5 Å². The van der Waals surface area contributed by atoms with E-state index in [1.165, 1.54) is 16.7 Å². The standard InChI is InChI=1S/C15H16N4O4S/c1-22-11-4-2-10(3-5-11)14-17-12(23-18-14)8-24-9-13(20)19-7-6-16-15(19)21/h2-5H,6-9H2,1H3,(H,16,21). The fraction of sp³-hybridized carbons (Fsp3) is 0.333. The molecular weight excluding hydrogens is 332 g/mol. The quantitative estimate of drug-likeness (QED) is 0.845. The third kappa shape index (κ3) is 3.67. The monoisotopic (exact) mass is 348 g/mol. The molecule has 24 heavy (non-hydrogen) atoms. The molecule has 0 saturated carbocycles. The van der Waals surface area contributed by atoms with Gasteiger partial charge in [0, 0.05) is 18.7 Å². The van der Waals surface area contributed by atoms with Gasteiger partial charge in [-0.05, 0) is 24.3 Å². The number of aromatic nitrogens is 2.